The number of sulfonamides is 1. The molecular formula is C17H26N2O5S. The number of nitrogens with zero attached hydrogens (tertiary/aromatic N) is 2. The highest BCUT2D eigenvalue weighted by Crippen LogP contribution is 2.34. The van der Waals surface area contributed by atoms with Crippen LogP contribution in [-0.4, -0.2) is 62.4 Å². The van der Waals surface area contributed by atoms with Crippen LogP contribution in [0, 0.1) is 0 Å². The number of rotatable bonds is 5. The van der Waals surface area contributed by atoms with Crippen LogP contribution in [0.4, 0.5) is 0 Å². The fraction of sp³-hybridized carbons (Fsp3) is 0.588. The molecule has 0 N–H and O–H groups in total. The molecule has 1 fully saturated rings. The van der Waals surface area contributed by atoms with Crippen LogP contribution in [0.1, 0.15) is 27.7 Å². The minimum absolute atomic E-state index is 0.00119. The van der Waals surface area contributed by atoms with Crippen molar-refractivity contribution in [3.63, 3.8) is 0 Å². The van der Waals surface area contributed by atoms with Gasteiger partial charge in [0.1, 0.15) is 16.4 Å². The van der Waals surface area contributed by atoms with E-state index >= 15 is 0 Å². The van der Waals surface area contributed by atoms with Crippen LogP contribution in [0.3, 0.4) is 0 Å². The van der Waals surface area contributed by atoms with Crippen LogP contribution in [0.15, 0.2) is 23.1 Å². The van der Waals surface area contributed by atoms with Gasteiger partial charge in [-0.05, 0) is 39.8 Å². The average Bonchev–Trinajstić information content (AvgIpc) is 2.52. The molecule has 25 heavy (non-hydrogen) atoms. The first kappa shape index (κ1) is 19.5. The highest BCUT2D eigenvalue weighted by molar-refractivity contribution is 7.89. The predicted octanol–water partition coefficient (Wildman–Crippen LogP) is 1.72. The van der Waals surface area contributed by atoms with E-state index in [0.29, 0.717) is 5.75 Å². The van der Waals surface area contributed by atoms with Gasteiger partial charge in [0.15, 0.2) is 0 Å². The third kappa shape index (κ3) is 3.59. The van der Waals surface area contributed by atoms with Gasteiger partial charge in [-0.15, -0.1) is 0 Å². The summed E-state index contributed by atoms with van der Waals surface area (Å²) >= 11 is 0. The second kappa shape index (κ2) is 6.84. The number of hydrogen-bond acceptors (Lipinski definition) is 5. The normalized spacial score (nSPS) is 18.5. The first-order chi connectivity index (χ1) is 11.5. The summed E-state index contributed by atoms with van der Waals surface area (Å²) in [5.74, 6) is 0.416. The fourth-order valence-electron chi connectivity index (χ4n) is 3.41. The zero-order valence-electron chi connectivity index (χ0n) is 15.6. The molecule has 1 amide bonds. The van der Waals surface area contributed by atoms with Crippen molar-refractivity contribution in [1.82, 2.24) is 9.21 Å². The van der Waals surface area contributed by atoms with Gasteiger partial charge in [0, 0.05) is 18.7 Å². The van der Waals surface area contributed by atoms with Crippen molar-refractivity contribution >= 4 is 15.9 Å². The van der Waals surface area contributed by atoms with Gasteiger partial charge in [0.25, 0.3) is 0 Å². The predicted molar refractivity (Wildman–Crippen MR) is 94.4 cm³/mol. The van der Waals surface area contributed by atoms with Crippen molar-refractivity contribution in [1.29, 1.82) is 0 Å². The van der Waals surface area contributed by atoms with Gasteiger partial charge in [0.2, 0.25) is 15.9 Å². The van der Waals surface area contributed by atoms with Crippen LogP contribution in [0.25, 0.3) is 0 Å². The van der Waals surface area contributed by atoms with Crippen molar-refractivity contribution in [3.05, 3.63) is 18.2 Å². The van der Waals surface area contributed by atoms with E-state index in [1.807, 2.05) is 27.7 Å². The first-order valence-electron chi connectivity index (χ1n) is 8.09. The Labute approximate surface area is 149 Å². The van der Waals surface area contributed by atoms with Crippen molar-refractivity contribution in [3.8, 4) is 11.5 Å². The summed E-state index contributed by atoms with van der Waals surface area (Å²) in [5.41, 5.74) is -0.608. The van der Waals surface area contributed by atoms with E-state index in [1.54, 1.807) is 17.0 Å². The third-order valence-electron chi connectivity index (χ3n) is 4.30. The molecule has 1 saturated heterocycles. The minimum Gasteiger partial charge on any atom is -0.497 e. The SMILES string of the molecule is COc1ccc(OC)c(S(=O)(=O)N2CC(=O)N(C(C)C)C(C)(C)C2)c1. The van der Waals surface area contributed by atoms with Crippen molar-refractivity contribution < 1.29 is 22.7 Å². The summed E-state index contributed by atoms with van der Waals surface area (Å²) in [7, 11) is -1.04. The molecule has 0 spiro atoms. The molecule has 1 aromatic carbocycles. The Morgan fingerprint density at radius 2 is 1.80 bits per heavy atom. The van der Waals surface area contributed by atoms with Gasteiger partial charge < -0.3 is 14.4 Å². The van der Waals surface area contributed by atoms with E-state index in [0.717, 1.165) is 0 Å². The van der Waals surface area contributed by atoms with Crippen molar-refractivity contribution in [2.24, 2.45) is 0 Å². The van der Waals surface area contributed by atoms with Crippen LogP contribution < -0.4 is 9.47 Å². The van der Waals surface area contributed by atoms with E-state index in [-0.39, 0.29) is 35.7 Å². The number of amides is 1. The van der Waals surface area contributed by atoms with Gasteiger partial charge >= 0.3 is 0 Å². The van der Waals surface area contributed by atoms with Crippen LogP contribution >= 0.6 is 0 Å². The Balaban J connectivity index is 2.46. The second-order valence-corrected chi connectivity index (χ2v) is 8.87. The molecule has 1 aliphatic heterocycles. The molecule has 0 radical (unpaired) electrons. The van der Waals surface area contributed by atoms with Crippen LogP contribution in [0.5, 0.6) is 11.5 Å². The van der Waals surface area contributed by atoms with Gasteiger partial charge in [-0.25, -0.2) is 8.42 Å². The Morgan fingerprint density at radius 3 is 2.28 bits per heavy atom. The lowest BCUT2D eigenvalue weighted by atomic mass is 9.98. The zero-order valence-corrected chi connectivity index (χ0v) is 16.4. The fourth-order valence-corrected chi connectivity index (χ4v) is 5.13. The maximum absolute atomic E-state index is 13.2. The molecule has 0 aromatic heterocycles. The molecule has 0 bridgehead atoms. The number of benzene rings is 1. The highest BCUT2D eigenvalue weighted by atomic mass is 32.2. The highest BCUT2D eigenvalue weighted by Gasteiger charge is 2.44. The van der Waals surface area contributed by atoms with E-state index in [4.69, 9.17) is 9.47 Å². The quantitative estimate of drug-likeness (QED) is 0.789. The molecule has 1 aromatic rings. The van der Waals surface area contributed by atoms with E-state index < -0.39 is 15.6 Å². The summed E-state index contributed by atoms with van der Waals surface area (Å²) < 4.78 is 37.9. The molecule has 0 saturated carbocycles. The summed E-state index contributed by atoms with van der Waals surface area (Å²) in [6, 6.07) is 4.59. The summed E-state index contributed by atoms with van der Waals surface area (Å²) in [4.78, 5) is 14.3. The number of piperazine rings is 1. The molecule has 140 valence electrons. The maximum atomic E-state index is 13.2. The van der Waals surface area contributed by atoms with E-state index in [1.165, 1.54) is 24.6 Å². The Hall–Kier alpha value is -1.80. The summed E-state index contributed by atoms with van der Waals surface area (Å²) in [6.07, 6.45) is 0. The van der Waals surface area contributed by atoms with Gasteiger partial charge in [-0.1, -0.05) is 0 Å². The molecule has 7 nitrogen and oxygen atoms in total. The van der Waals surface area contributed by atoms with Crippen molar-refractivity contribution in [2.45, 2.75) is 44.2 Å². The molecule has 0 atom stereocenters. The molecule has 1 aliphatic rings. The number of ether oxygens (including phenoxy) is 2. The first-order valence-corrected chi connectivity index (χ1v) is 9.53. The van der Waals surface area contributed by atoms with E-state index in [2.05, 4.69) is 0 Å². The third-order valence-corrected chi connectivity index (χ3v) is 6.11. The Bertz CT molecular complexity index is 758. The van der Waals surface area contributed by atoms with Crippen molar-refractivity contribution in [2.75, 3.05) is 27.3 Å². The monoisotopic (exact) mass is 370 g/mol. The lowest BCUT2D eigenvalue weighted by Gasteiger charge is -2.48. The number of methoxy groups -OCH3 is 2. The molecule has 2 rings (SSSR count). The molecule has 0 unspecified atom stereocenters. The number of carbonyl (C=O) groups is 1. The van der Waals surface area contributed by atoms with Gasteiger partial charge in [0.05, 0.1) is 26.3 Å². The summed E-state index contributed by atoms with van der Waals surface area (Å²) in [6.45, 7) is 7.61. The van der Waals surface area contributed by atoms with Crippen LogP contribution in [0.2, 0.25) is 0 Å². The number of hydrogen-bond donors (Lipinski definition) is 0. The summed E-state index contributed by atoms with van der Waals surface area (Å²) in [5, 5.41) is 0. The lowest BCUT2D eigenvalue weighted by Crippen LogP contribution is -2.64. The second-order valence-electron chi connectivity index (χ2n) is 6.96. The maximum Gasteiger partial charge on any atom is 0.247 e. The largest absolute Gasteiger partial charge is 0.497 e. The minimum atomic E-state index is -3.91. The molecule has 0 aliphatic carbocycles. The Morgan fingerprint density at radius 1 is 1.16 bits per heavy atom. The van der Waals surface area contributed by atoms with E-state index in [9.17, 15) is 13.2 Å². The molecule has 1 heterocycles. The average molecular weight is 370 g/mol. The van der Waals surface area contributed by atoms with Gasteiger partial charge in [-0.3, -0.25) is 4.79 Å². The van der Waals surface area contributed by atoms with Gasteiger partial charge in [-0.2, -0.15) is 4.31 Å². The Kier molecular flexibility index (Phi) is 5.34. The topological polar surface area (TPSA) is 76.1 Å². The molecular weight excluding hydrogens is 344 g/mol. The number of carbonyl (C=O) groups excluding carboxylic acids is 1. The van der Waals surface area contributed by atoms with Crippen LogP contribution in [-0.2, 0) is 14.8 Å². The smallest absolute Gasteiger partial charge is 0.247 e. The molecule has 8 heteroatoms. The lowest BCUT2D eigenvalue weighted by molar-refractivity contribution is -0.144. The standard InChI is InChI=1S/C17H26N2O5S/c1-12(2)19-16(20)10-18(11-17(19,3)4)25(21,22)15-9-13(23-5)7-8-14(15)24-6/h7-9,12H,10-11H2,1-6H3. The zero-order chi connectivity index (χ0) is 19.0.